The second-order valence-corrected chi connectivity index (χ2v) is 11.6. The average Bonchev–Trinajstić information content (AvgIpc) is 3.62. The molecule has 1 aliphatic heterocycles. The van der Waals surface area contributed by atoms with Crippen molar-refractivity contribution in [3.8, 4) is 17.2 Å². The molecular formula is C33H39Cl2CrN4O12. The quantitative estimate of drug-likeness (QED) is 0.154. The predicted molar refractivity (Wildman–Crippen MR) is 178 cm³/mol. The number of carbonyl (C=O) groups is 5. The maximum Gasteiger partial charge on any atom is 5.00 e. The van der Waals surface area contributed by atoms with E-state index in [-0.39, 0.29) is 58.9 Å². The summed E-state index contributed by atoms with van der Waals surface area (Å²) in [4.78, 5) is 58.4. The third-order valence-corrected chi connectivity index (χ3v) is 6.82. The van der Waals surface area contributed by atoms with Gasteiger partial charge < -0.3 is 54.3 Å². The van der Waals surface area contributed by atoms with Crippen LogP contribution in [0.1, 0.15) is 49.7 Å². The maximum atomic E-state index is 13.6. The zero-order chi connectivity index (χ0) is 39.1. The Hall–Kier alpha value is -4.02. The van der Waals surface area contributed by atoms with E-state index in [1.807, 2.05) is 18.2 Å². The number of Topliss-reactive ketones (excluding diaryl/α,β-unsaturated/α-hetero) is 4. The van der Waals surface area contributed by atoms with Crippen molar-refractivity contribution in [3.05, 3.63) is 65.5 Å². The number of carbonyl (C=O) groups excluding carboxylic acids is 5. The van der Waals surface area contributed by atoms with E-state index in [0.717, 1.165) is 35.2 Å². The summed E-state index contributed by atoms with van der Waals surface area (Å²) in [6, 6.07) is 9.37. The van der Waals surface area contributed by atoms with Crippen LogP contribution in [0.3, 0.4) is 0 Å². The third kappa shape index (κ3) is 15.7. The van der Waals surface area contributed by atoms with Gasteiger partial charge in [0, 0.05) is 52.5 Å². The number of nitrogens with zero attached hydrogens (tertiary/aromatic N) is 2. The van der Waals surface area contributed by atoms with E-state index in [1.165, 1.54) is 34.8 Å². The molecule has 3 aromatic rings. The Bertz CT molecular complexity index is 1620. The molecule has 0 bridgehead atoms. The maximum absolute atomic E-state index is 13.6. The number of ether oxygens (including phenoxy) is 3. The largest absolute Gasteiger partial charge is 5.00 e. The summed E-state index contributed by atoms with van der Waals surface area (Å²) in [5.74, 6) is 0.974. The molecule has 2 N–H and O–H groups in total. The fourth-order valence-electron chi connectivity index (χ4n) is 4.71. The molecule has 0 aliphatic carbocycles. The molecule has 2 heterocycles. The van der Waals surface area contributed by atoms with Crippen molar-refractivity contribution in [3.63, 3.8) is 0 Å². The standard InChI is InChI=1S/C23H25ClN4O4.2C5H7O2.ClHO4.Cr/c1-30-19-9-13-8-17(27-20(13)22(32-3)21(19)31-2)23(29)28-12-14(11-24)16-5-4-15(10-18(16)28)26-7-6-25;2*1-4(6)3-5(2)7;2-1(3,4)5;/h4-5,8-10,14,25H,6-7,11-12H2,1-3H3,(H,27,29);2*3H,1-2H3;(H,2,3,4,5);/q-2;2*-1;;+5/p-1. The molecule has 0 spiro atoms. The minimum Gasteiger partial charge on any atom is -0.686 e. The Labute approximate surface area is 319 Å². The smallest absolute Gasteiger partial charge is 0.686 e. The number of aromatic amines is 1. The molecule has 1 radical (unpaired) electrons. The number of rotatable bonds is 12. The number of H-pyrrole nitrogens is 1. The molecule has 283 valence electrons. The number of amides is 1. The second kappa shape index (κ2) is 22.8. The number of benzene rings is 2. The van der Waals surface area contributed by atoms with Crippen molar-refractivity contribution in [2.45, 2.75) is 33.6 Å². The minimum atomic E-state index is -4.94. The number of ketones is 4. The first-order chi connectivity index (χ1) is 23.8. The van der Waals surface area contributed by atoms with Gasteiger partial charge in [0.25, 0.3) is 5.91 Å². The van der Waals surface area contributed by atoms with Crippen LogP contribution in [0.25, 0.3) is 22.0 Å². The fraction of sp³-hybridized carbons (Fsp3) is 0.364. The Morgan fingerprint density at radius 1 is 0.904 bits per heavy atom. The van der Waals surface area contributed by atoms with Gasteiger partial charge in [-0.25, -0.2) is 18.6 Å². The van der Waals surface area contributed by atoms with E-state index < -0.39 is 10.2 Å². The summed E-state index contributed by atoms with van der Waals surface area (Å²) >= 11 is 6.21. The van der Waals surface area contributed by atoms with Gasteiger partial charge in [0.1, 0.15) is 5.69 Å². The van der Waals surface area contributed by atoms with Crippen LogP contribution < -0.4 is 37.7 Å². The number of fused-ring (bicyclic) bond motifs is 2. The van der Waals surface area contributed by atoms with Crippen molar-refractivity contribution >= 4 is 62.9 Å². The summed E-state index contributed by atoms with van der Waals surface area (Å²) in [5, 5.41) is 5.18. The molecule has 0 saturated heterocycles. The summed E-state index contributed by atoms with van der Waals surface area (Å²) in [6.07, 6.45) is 2.11. The van der Waals surface area contributed by atoms with Crippen LogP contribution in [-0.4, -0.2) is 80.9 Å². The first-order valence-corrected chi connectivity index (χ1v) is 16.6. The molecule has 19 heteroatoms. The molecule has 1 unspecified atom stereocenters. The van der Waals surface area contributed by atoms with Gasteiger partial charge in [0.05, 0.1) is 26.8 Å². The minimum absolute atomic E-state index is 0. The van der Waals surface area contributed by atoms with E-state index in [1.54, 1.807) is 31.3 Å². The van der Waals surface area contributed by atoms with Crippen LogP contribution in [0.15, 0.2) is 30.3 Å². The fourth-order valence-corrected chi connectivity index (χ4v) is 4.98. The van der Waals surface area contributed by atoms with Crippen LogP contribution in [0.4, 0.5) is 11.4 Å². The number of hydrogen-bond donors (Lipinski definition) is 1. The Morgan fingerprint density at radius 2 is 1.42 bits per heavy atom. The number of nitrogens with one attached hydrogen (secondary N) is 2. The van der Waals surface area contributed by atoms with E-state index in [0.29, 0.717) is 47.4 Å². The molecule has 4 rings (SSSR count). The van der Waals surface area contributed by atoms with Crippen molar-refractivity contribution in [1.29, 1.82) is 0 Å². The van der Waals surface area contributed by atoms with Gasteiger partial charge in [-0.2, -0.15) is 13.1 Å². The topological polar surface area (TPSA) is 262 Å². The van der Waals surface area contributed by atoms with Gasteiger partial charge >= 0.3 is 17.4 Å². The predicted octanol–water partition coefficient (Wildman–Crippen LogP) is 1.21. The SMILES string of the molecule is CC(=O)[CH-]C(C)=O.CC(=O)[CH-]C(C)=O.COc1cc2cc(C(=O)N3CC(CCl)c4ccc([N-]CC[NH-])cc43)[nH]c2c(OC)c1OC.[Cr+5].[O-][Cl+3]([O-])([O-])[O-]. The Balaban J connectivity index is 0.00000107. The number of methoxy groups -OCH3 is 3. The number of halogens is 2. The Kier molecular flexibility index (Phi) is 21.1. The first kappa shape index (κ1) is 48.0. The molecule has 1 aliphatic rings. The molecule has 2 aromatic carbocycles. The number of alkyl halides is 1. The van der Waals surface area contributed by atoms with Gasteiger partial charge in [0.15, 0.2) is 11.5 Å². The average molecular weight is 807 g/mol. The van der Waals surface area contributed by atoms with E-state index in [2.05, 4.69) is 10.3 Å². The number of hydrogen-bond acceptors (Lipinski definition) is 12. The normalized spacial score (nSPS) is 12.5. The van der Waals surface area contributed by atoms with Crippen LogP contribution in [-0.2, 0) is 36.5 Å². The molecule has 0 fully saturated rings. The van der Waals surface area contributed by atoms with Crippen LogP contribution in [0.2, 0.25) is 0 Å². The molecule has 1 aromatic heterocycles. The van der Waals surface area contributed by atoms with E-state index in [9.17, 15) is 24.0 Å². The van der Waals surface area contributed by atoms with Gasteiger partial charge in [-0.3, -0.25) is 17.6 Å². The molecule has 0 saturated carbocycles. The summed E-state index contributed by atoms with van der Waals surface area (Å²) < 4.78 is 50.4. The van der Waals surface area contributed by atoms with Crippen molar-refractivity contribution in [2.24, 2.45) is 0 Å². The Morgan fingerprint density at radius 3 is 1.83 bits per heavy atom. The van der Waals surface area contributed by atoms with Gasteiger partial charge in [-0.05, 0) is 45.4 Å². The van der Waals surface area contributed by atoms with Crippen LogP contribution in [0.5, 0.6) is 17.2 Å². The van der Waals surface area contributed by atoms with E-state index in [4.69, 9.17) is 50.2 Å². The molecule has 52 heavy (non-hydrogen) atoms. The molecule has 1 amide bonds. The van der Waals surface area contributed by atoms with Crippen LogP contribution >= 0.6 is 11.6 Å². The van der Waals surface area contributed by atoms with Gasteiger partial charge in [-0.15, -0.1) is 27.5 Å². The van der Waals surface area contributed by atoms with Crippen LogP contribution in [0, 0.1) is 23.1 Å². The van der Waals surface area contributed by atoms with Gasteiger partial charge in [-0.1, -0.05) is 18.2 Å². The molecule has 1 atom stereocenters. The van der Waals surface area contributed by atoms with Crippen molar-refractivity contribution < 1.29 is 84.4 Å². The summed E-state index contributed by atoms with van der Waals surface area (Å²) in [6.45, 7) is 6.51. The molecular weight excluding hydrogens is 767 g/mol. The van der Waals surface area contributed by atoms with Crippen molar-refractivity contribution in [2.75, 3.05) is 51.7 Å². The van der Waals surface area contributed by atoms with E-state index >= 15 is 0 Å². The number of aromatic nitrogens is 1. The second-order valence-electron chi connectivity index (χ2n) is 10.5. The summed E-state index contributed by atoms with van der Waals surface area (Å²) in [7, 11) is -0.306. The zero-order valence-corrected chi connectivity index (χ0v) is 32.2. The monoisotopic (exact) mass is 805 g/mol. The van der Waals surface area contributed by atoms with Gasteiger partial charge in [0.2, 0.25) is 5.75 Å². The summed E-state index contributed by atoms with van der Waals surface area (Å²) in [5.41, 5.74) is 11.0. The molecule has 16 nitrogen and oxygen atoms in total. The third-order valence-electron chi connectivity index (χ3n) is 6.45. The van der Waals surface area contributed by atoms with Crippen molar-refractivity contribution in [1.82, 2.24) is 4.98 Å². The zero-order valence-electron chi connectivity index (χ0n) is 29.4. The number of anilines is 1. The first-order valence-electron chi connectivity index (χ1n) is 14.8.